The first-order valence-electron chi connectivity index (χ1n) is 4.28. The number of aliphatic hydroxyl groups is 2. The highest BCUT2D eigenvalue weighted by molar-refractivity contribution is 5.34. The highest BCUT2D eigenvalue weighted by Gasteiger charge is 2.05. The van der Waals surface area contributed by atoms with E-state index in [1.807, 2.05) is 25.1 Å². The molecule has 1 aromatic carbocycles. The summed E-state index contributed by atoms with van der Waals surface area (Å²) in [5, 5.41) is 17.6. The Hall–Kier alpha value is -0.900. The summed E-state index contributed by atoms with van der Waals surface area (Å²) in [4.78, 5) is 0. The first-order chi connectivity index (χ1) is 6.15. The first-order valence-corrected chi connectivity index (χ1v) is 4.28. The minimum Gasteiger partial charge on any atom is -0.368 e. The molecule has 72 valence electrons. The van der Waals surface area contributed by atoms with Gasteiger partial charge < -0.3 is 15.9 Å². The predicted molar refractivity (Wildman–Crippen MR) is 51.0 cm³/mol. The minimum atomic E-state index is -1.29. The number of hydrogen-bond acceptors (Lipinski definition) is 3. The lowest BCUT2D eigenvalue weighted by atomic mass is 10.00. The van der Waals surface area contributed by atoms with Crippen LogP contribution in [-0.4, -0.2) is 16.5 Å². The van der Waals surface area contributed by atoms with E-state index in [-0.39, 0.29) is 6.42 Å². The topological polar surface area (TPSA) is 66.5 Å². The molecule has 0 unspecified atom stereocenters. The van der Waals surface area contributed by atoms with Gasteiger partial charge in [-0.15, -0.1) is 0 Å². The van der Waals surface area contributed by atoms with Gasteiger partial charge in [-0.3, -0.25) is 0 Å². The number of rotatable bonds is 3. The molecule has 0 heterocycles. The molecule has 0 fully saturated rings. The zero-order chi connectivity index (χ0) is 9.84. The third kappa shape index (κ3) is 2.52. The third-order valence-electron chi connectivity index (χ3n) is 2.18. The summed E-state index contributed by atoms with van der Waals surface area (Å²) >= 11 is 0. The van der Waals surface area contributed by atoms with Crippen LogP contribution in [0.25, 0.3) is 0 Å². The van der Waals surface area contributed by atoms with Gasteiger partial charge in [0.15, 0.2) is 6.29 Å². The van der Waals surface area contributed by atoms with E-state index in [1.165, 1.54) is 0 Å². The maximum atomic E-state index is 8.82. The van der Waals surface area contributed by atoms with Crippen LogP contribution in [0.15, 0.2) is 18.2 Å². The Morgan fingerprint density at radius 3 is 2.46 bits per heavy atom. The number of aliphatic hydroxyl groups excluding tert-OH is 1. The number of nitrogens with two attached hydrogens (primary N) is 1. The van der Waals surface area contributed by atoms with E-state index in [0.717, 1.165) is 16.7 Å². The van der Waals surface area contributed by atoms with Crippen molar-refractivity contribution in [2.75, 3.05) is 0 Å². The molecule has 1 aromatic rings. The highest BCUT2D eigenvalue weighted by Crippen LogP contribution is 2.14. The fourth-order valence-electron chi connectivity index (χ4n) is 1.38. The van der Waals surface area contributed by atoms with Crippen LogP contribution >= 0.6 is 0 Å². The number of hydrogen-bond donors (Lipinski definition) is 3. The van der Waals surface area contributed by atoms with Gasteiger partial charge in [0.25, 0.3) is 0 Å². The maximum absolute atomic E-state index is 8.82. The molecule has 3 heteroatoms. The normalized spacial score (nSPS) is 10.8. The Labute approximate surface area is 77.8 Å². The van der Waals surface area contributed by atoms with E-state index in [2.05, 4.69) is 0 Å². The summed E-state index contributed by atoms with van der Waals surface area (Å²) in [5.74, 6) is 0. The van der Waals surface area contributed by atoms with Gasteiger partial charge in [0.1, 0.15) is 0 Å². The molecule has 1 rings (SSSR count). The van der Waals surface area contributed by atoms with Gasteiger partial charge in [-0.05, 0) is 23.6 Å². The van der Waals surface area contributed by atoms with Crippen LogP contribution in [-0.2, 0) is 13.0 Å². The van der Waals surface area contributed by atoms with E-state index in [1.54, 1.807) is 0 Å². The quantitative estimate of drug-likeness (QED) is 0.588. The van der Waals surface area contributed by atoms with Gasteiger partial charge in [-0.1, -0.05) is 18.2 Å². The van der Waals surface area contributed by atoms with E-state index in [4.69, 9.17) is 15.9 Å². The molecule has 0 aliphatic carbocycles. The average Bonchev–Trinajstić information content (AvgIpc) is 2.08. The second-order valence-electron chi connectivity index (χ2n) is 3.09. The zero-order valence-electron chi connectivity index (χ0n) is 7.70. The smallest absolute Gasteiger partial charge is 0.155 e. The second-order valence-corrected chi connectivity index (χ2v) is 3.09. The van der Waals surface area contributed by atoms with Crippen LogP contribution in [0.2, 0.25) is 0 Å². The van der Waals surface area contributed by atoms with Crippen LogP contribution in [0.5, 0.6) is 0 Å². The fraction of sp³-hybridized carbons (Fsp3) is 0.400. The fourth-order valence-corrected chi connectivity index (χ4v) is 1.38. The lowest BCUT2D eigenvalue weighted by molar-refractivity contribution is -0.0382. The van der Waals surface area contributed by atoms with Crippen molar-refractivity contribution in [3.63, 3.8) is 0 Å². The molecule has 0 bridgehead atoms. The molecular formula is C10H15NO2. The molecule has 0 saturated carbocycles. The summed E-state index contributed by atoms with van der Waals surface area (Å²) in [6.45, 7) is 2.43. The lowest BCUT2D eigenvalue weighted by Crippen LogP contribution is -2.11. The molecule has 0 atom stereocenters. The Balaban J connectivity index is 2.94. The molecule has 0 saturated heterocycles. The molecule has 0 spiro atoms. The monoisotopic (exact) mass is 181 g/mol. The molecule has 0 amide bonds. The lowest BCUT2D eigenvalue weighted by Gasteiger charge is -2.10. The predicted octanol–water partition coefficient (Wildman–Crippen LogP) is 0.307. The van der Waals surface area contributed by atoms with Crippen LogP contribution in [0, 0.1) is 6.92 Å². The highest BCUT2D eigenvalue weighted by atomic mass is 16.5. The van der Waals surface area contributed by atoms with Gasteiger partial charge in [0.05, 0.1) is 0 Å². The van der Waals surface area contributed by atoms with Crippen LogP contribution in [0.1, 0.15) is 16.7 Å². The van der Waals surface area contributed by atoms with E-state index in [0.29, 0.717) is 6.54 Å². The average molecular weight is 181 g/mol. The Kier molecular flexibility index (Phi) is 3.42. The first kappa shape index (κ1) is 10.2. The standard InChI is InChI=1S/C10H15NO2/c1-7-8(5-10(12)13)3-2-4-9(7)6-11/h2-4,10,12-13H,5-6,11H2,1H3. The van der Waals surface area contributed by atoms with Crippen molar-refractivity contribution in [3.8, 4) is 0 Å². The summed E-state index contributed by atoms with van der Waals surface area (Å²) < 4.78 is 0. The summed E-state index contributed by atoms with van der Waals surface area (Å²) in [7, 11) is 0. The van der Waals surface area contributed by atoms with Crippen molar-refractivity contribution >= 4 is 0 Å². The van der Waals surface area contributed by atoms with Crippen molar-refractivity contribution in [1.82, 2.24) is 0 Å². The Morgan fingerprint density at radius 1 is 1.31 bits per heavy atom. The SMILES string of the molecule is Cc1c(CN)cccc1CC(O)O. The Morgan fingerprint density at radius 2 is 1.92 bits per heavy atom. The van der Waals surface area contributed by atoms with Crippen molar-refractivity contribution in [3.05, 3.63) is 34.9 Å². The summed E-state index contributed by atoms with van der Waals surface area (Å²) in [6.07, 6.45) is -1.02. The largest absolute Gasteiger partial charge is 0.368 e. The van der Waals surface area contributed by atoms with Gasteiger partial charge in [-0.25, -0.2) is 0 Å². The third-order valence-corrected chi connectivity index (χ3v) is 2.18. The second kappa shape index (κ2) is 4.37. The van der Waals surface area contributed by atoms with Gasteiger partial charge in [-0.2, -0.15) is 0 Å². The van der Waals surface area contributed by atoms with Crippen LogP contribution < -0.4 is 5.73 Å². The molecule has 0 aliphatic rings. The molecular weight excluding hydrogens is 166 g/mol. The summed E-state index contributed by atoms with van der Waals surface area (Å²) in [5.41, 5.74) is 8.58. The molecule has 13 heavy (non-hydrogen) atoms. The minimum absolute atomic E-state index is 0.264. The van der Waals surface area contributed by atoms with E-state index < -0.39 is 6.29 Å². The zero-order valence-corrected chi connectivity index (χ0v) is 7.70. The molecule has 3 nitrogen and oxygen atoms in total. The molecule has 0 aromatic heterocycles. The summed E-state index contributed by atoms with van der Waals surface area (Å²) in [6, 6.07) is 5.71. The van der Waals surface area contributed by atoms with E-state index in [9.17, 15) is 0 Å². The Bertz CT molecular complexity index is 284. The van der Waals surface area contributed by atoms with Crippen molar-refractivity contribution in [2.24, 2.45) is 5.73 Å². The van der Waals surface area contributed by atoms with Gasteiger partial charge in [0, 0.05) is 13.0 Å². The van der Waals surface area contributed by atoms with E-state index >= 15 is 0 Å². The van der Waals surface area contributed by atoms with Crippen LogP contribution in [0.3, 0.4) is 0 Å². The van der Waals surface area contributed by atoms with Crippen molar-refractivity contribution < 1.29 is 10.2 Å². The molecule has 0 radical (unpaired) electrons. The van der Waals surface area contributed by atoms with Crippen molar-refractivity contribution in [1.29, 1.82) is 0 Å². The van der Waals surface area contributed by atoms with Crippen molar-refractivity contribution in [2.45, 2.75) is 26.2 Å². The van der Waals surface area contributed by atoms with Gasteiger partial charge in [0.2, 0.25) is 0 Å². The van der Waals surface area contributed by atoms with Gasteiger partial charge >= 0.3 is 0 Å². The number of benzene rings is 1. The maximum Gasteiger partial charge on any atom is 0.155 e. The van der Waals surface area contributed by atoms with Crippen LogP contribution in [0.4, 0.5) is 0 Å². The molecule has 0 aliphatic heterocycles. The molecule has 4 N–H and O–H groups in total.